The van der Waals surface area contributed by atoms with E-state index in [2.05, 4.69) is 10.4 Å². The number of carbonyl (C=O) groups excluding carboxylic acids is 1. The lowest BCUT2D eigenvalue weighted by molar-refractivity contribution is 0.102. The van der Waals surface area contributed by atoms with Gasteiger partial charge in [-0.1, -0.05) is 20.8 Å². The lowest BCUT2D eigenvalue weighted by atomic mass is 9.92. The molecule has 0 bridgehead atoms. The van der Waals surface area contributed by atoms with E-state index in [9.17, 15) is 13.2 Å². The molecule has 2 aromatic heterocycles. The van der Waals surface area contributed by atoms with Crippen LogP contribution in [0.15, 0.2) is 17.5 Å². The molecule has 1 aliphatic rings. The fraction of sp³-hybridized carbons (Fsp3) is 0.529. The highest BCUT2D eigenvalue weighted by atomic mass is 32.2. The zero-order valence-electron chi connectivity index (χ0n) is 14.9. The SMILES string of the molecule is Cc1ccsc1C(=O)Nc1cc(C(C)(C)C)nn1[C@H]1CCS(=O)(=O)C1. The maximum Gasteiger partial charge on any atom is 0.267 e. The van der Waals surface area contributed by atoms with Gasteiger partial charge in [0.05, 0.1) is 28.1 Å². The standard InChI is InChI=1S/C17H23N3O3S2/c1-11-5-7-24-15(11)16(21)18-14-9-13(17(2,3)4)19-20(14)12-6-8-25(22,23)10-12/h5,7,9,12H,6,8,10H2,1-4H3,(H,18,21)/t12-/m0/s1. The number of sulfone groups is 1. The van der Waals surface area contributed by atoms with E-state index in [0.29, 0.717) is 17.1 Å². The predicted octanol–water partition coefficient (Wildman–Crippen LogP) is 3.16. The number of rotatable bonds is 3. The number of thiophene rings is 1. The topological polar surface area (TPSA) is 81.1 Å². The molecule has 0 aliphatic carbocycles. The molecule has 1 amide bonds. The van der Waals surface area contributed by atoms with Crippen molar-refractivity contribution < 1.29 is 13.2 Å². The Balaban J connectivity index is 1.95. The summed E-state index contributed by atoms with van der Waals surface area (Å²) in [6, 6.07) is 3.52. The highest BCUT2D eigenvalue weighted by Crippen LogP contribution is 2.31. The highest BCUT2D eigenvalue weighted by Gasteiger charge is 2.33. The van der Waals surface area contributed by atoms with Crippen LogP contribution in [0.2, 0.25) is 0 Å². The summed E-state index contributed by atoms with van der Waals surface area (Å²) >= 11 is 1.39. The first-order valence-electron chi connectivity index (χ1n) is 8.23. The lowest BCUT2D eigenvalue weighted by Crippen LogP contribution is -2.20. The third-order valence-electron chi connectivity index (χ3n) is 4.37. The Kier molecular flexibility index (Phi) is 4.53. The van der Waals surface area contributed by atoms with E-state index in [-0.39, 0.29) is 28.9 Å². The largest absolute Gasteiger partial charge is 0.306 e. The Morgan fingerprint density at radius 3 is 2.64 bits per heavy atom. The Bertz CT molecular complexity index is 904. The molecule has 0 saturated carbocycles. The zero-order valence-corrected chi connectivity index (χ0v) is 16.5. The van der Waals surface area contributed by atoms with Crippen LogP contribution in [0, 0.1) is 6.92 Å². The van der Waals surface area contributed by atoms with Crippen molar-refractivity contribution in [3.8, 4) is 0 Å². The van der Waals surface area contributed by atoms with Gasteiger partial charge < -0.3 is 5.32 Å². The second-order valence-electron chi connectivity index (χ2n) is 7.55. The number of hydrogen-bond donors (Lipinski definition) is 1. The van der Waals surface area contributed by atoms with E-state index in [1.165, 1.54) is 11.3 Å². The monoisotopic (exact) mass is 381 g/mol. The first kappa shape index (κ1) is 18.1. The van der Waals surface area contributed by atoms with Gasteiger partial charge in [-0.2, -0.15) is 5.10 Å². The number of aryl methyl sites for hydroxylation is 1. The van der Waals surface area contributed by atoms with E-state index in [1.54, 1.807) is 4.68 Å². The molecule has 6 nitrogen and oxygen atoms in total. The smallest absolute Gasteiger partial charge is 0.267 e. The summed E-state index contributed by atoms with van der Waals surface area (Å²) in [7, 11) is -3.04. The summed E-state index contributed by atoms with van der Waals surface area (Å²) in [5.74, 6) is 0.610. The Labute approximate surface area is 152 Å². The van der Waals surface area contributed by atoms with E-state index in [0.717, 1.165) is 11.3 Å². The van der Waals surface area contributed by atoms with E-state index < -0.39 is 9.84 Å². The summed E-state index contributed by atoms with van der Waals surface area (Å²) in [5, 5.41) is 9.43. The second kappa shape index (κ2) is 6.25. The van der Waals surface area contributed by atoms with Crippen LogP contribution < -0.4 is 5.32 Å². The lowest BCUT2D eigenvalue weighted by Gasteiger charge is -2.15. The molecule has 1 fully saturated rings. The number of hydrogen-bond acceptors (Lipinski definition) is 5. The number of anilines is 1. The third-order valence-corrected chi connectivity index (χ3v) is 7.13. The quantitative estimate of drug-likeness (QED) is 0.885. The van der Waals surface area contributed by atoms with Crippen molar-refractivity contribution in [2.75, 3.05) is 16.8 Å². The number of aromatic nitrogens is 2. The molecule has 0 aromatic carbocycles. The van der Waals surface area contributed by atoms with Gasteiger partial charge in [-0.25, -0.2) is 13.1 Å². The van der Waals surface area contributed by atoms with E-state index >= 15 is 0 Å². The van der Waals surface area contributed by atoms with E-state index in [1.807, 2.05) is 45.2 Å². The summed E-state index contributed by atoms with van der Waals surface area (Å²) in [5.41, 5.74) is 1.56. The average molecular weight is 382 g/mol. The van der Waals surface area contributed by atoms with Gasteiger partial charge in [0, 0.05) is 11.5 Å². The predicted molar refractivity (Wildman–Crippen MR) is 100 cm³/mol. The van der Waals surface area contributed by atoms with Gasteiger partial charge in [-0.05, 0) is 30.4 Å². The van der Waals surface area contributed by atoms with Crippen LogP contribution in [0.4, 0.5) is 5.82 Å². The van der Waals surface area contributed by atoms with Crippen LogP contribution in [0.3, 0.4) is 0 Å². The first-order chi connectivity index (χ1) is 11.6. The van der Waals surface area contributed by atoms with Gasteiger partial charge in [0.1, 0.15) is 5.82 Å². The van der Waals surface area contributed by atoms with Crippen molar-refractivity contribution in [3.05, 3.63) is 33.6 Å². The summed E-state index contributed by atoms with van der Waals surface area (Å²) in [4.78, 5) is 13.2. The van der Waals surface area contributed by atoms with Crippen molar-refractivity contribution >= 4 is 32.9 Å². The van der Waals surface area contributed by atoms with Gasteiger partial charge in [0.15, 0.2) is 9.84 Å². The maximum absolute atomic E-state index is 12.6. The van der Waals surface area contributed by atoms with Crippen molar-refractivity contribution in [2.45, 2.75) is 45.6 Å². The number of nitrogens with one attached hydrogen (secondary N) is 1. The van der Waals surface area contributed by atoms with Crippen molar-refractivity contribution in [3.63, 3.8) is 0 Å². The highest BCUT2D eigenvalue weighted by molar-refractivity contribution is 7.91. The number of nitrogens with zero attached hydrogens (tertiary/aromatic N) is 2. The summed E-state index contributed by atoms with van der Waals surface area (Å²) < 4.78 is 25.4. The first-order valence-corrected chi connectivity index (χ1v) is 10.9. The minimum atomic E-state index is -3.04. The van der Waals surface area contributed by atoms with Crippen LogP contribution in [0.25, 0.3) is 0 Å². The van der Waals surface area contributed by atoms with Gasteiger partial charge in [0.25, 0.3) is 5.91 Å². The van der Waals surface area contributed by atoms with Gasteiger partial charge in [-0.3, -0.25) is 4.79 Å². The minimum absolute atomic E-state index is 0.0686. The number of amides is 1. The van der Waals surface area contributed by atoms with Gasteiger partial charge >= 0.3 is 0 Å². The van der Waals surface area contributed by atoms with Gasteiger partial charge in [-0.15, -0.1) is 11.3 Å². The fourth-order valence-electron chi connectivity index (χ4n) is 2.88. The molecule has 136 valence electrons. The van der Waals surface area contributed by atoms with E-state index in [4.69, 9.17) is 0 Å². The zero-order chi connectivity index (χ0) is 18.4. The van der Waals surface area contributed by atoms with Crippen LogP contribution in [-0.2, 0) is 15.3 Å². The van der Waals surface area contributed by atoms with Crippen molar-refractivity contribution in [2.24, 2.45) is 0 Å². The van der Waals surface area contributed by atoms with Crippen molar-refractivity contribution in [1.82, 2.24) is 9.78 Å². The van der Waals surface area contributed by atoms with Gasteiger partial charge in [0.2, 0.25) is 0 Å². The molecule has 1 saturated heterocycles. The molecule has 3 rings (SSSR count). The fourth-order valence-corrected chi connectivity index (χ4v) is 5.39. The summed E-state index contributed by atoms with van der Waals surface area (Å²) in [6.07, 6.45) is 0.522. The Hall–Kier alpha value is -1.67. The minimum Gasteiger partial charge on any atom is -0.306 e. The van der Waals surface area contributed by atoms with Crippen LogP contribution in [-0.4, -0.2) is 35.6 Å². The molecular weight excluding hydrogens is 358 g/mol. The molecule has 0 unspecified atom stereocenters. The summed E-state index contributed by atoms with van der Waals surface area (Å²) in [6.45, 7) is 8.02. The second-order valence-corrected chi connectivity index (χ2v) is 10.7. The van der Waals surface area contributed by atoms with Crippen LogP contribution in [0.1, 0.15) is 54.2 Å². The molecule has 1 atom stereocenters. The van der Waals surface area contributed by atoms with Crippen molar-refractivity contribution in [1.29, 1.82) is 0 Å². The average Bonchev–Trinajstić information content (AvgIpc) is 3.16. The molecule has 3 heterocycles. The van der Waals surface area contributed by atoms with Crippen LogP contribution in [0.5, 0.6) is 0 Å². The maximum atomic E-state index is 12.6. The number of carbonyl (C=O) groups is 1. The van der Waals surface area contributed by atoms with Crippen LogP contribution >= 0.6 is 11.3 Å². The molecule has 2 aromatic rings. The third kappa shape index (κ3) is 3.79. The normalized spacial score (nSPS) is 19.9. The Morgan fingerprint density at radius 2 is 2.12 bits per heavy atom. The molecule has 0 spiro atoms. The molecule has 1 aliphatic heterocycles. The molecule has 0 radical (unpaired) electrons. The molecule has 1 N–H and O–H groups in total. The molecule has 25 heavy (non-hydrogen) atoms. The molecule has 8 heteroatoms. The molecular formula is C17H23N3O3S2. The Morgan fingerprint density at radius 1 is 1.40 bits per heavy atom.